The summed E-state index contributed by atoms with van der Waals surface area (Å²) in [5, 5.41) is 10.9. The van der Waals surface area contributed by atoms with E-state index in [0.29, 0.717) is 19.0 Å². The highest BCUT2D eigenvalue weighted by atomic mass is 16.3. The Balaban J connectivity index is 1.40. The number of hydrogen-bond acceptors (Lipinski definition) is 4. The molecule has 0 saturated carbocycles. The first-order valence-electron chi connectivity index (χ1n) is 9.93. The molecule has 0 unspecified atom stereocenters. The molecule has 152 valence electrons. The number of aliphatic imine (C=N–C) groups is 1. The van der Waals surface area contributed by atoms with Gasteiger partial charge < -0.3 is 15.1 Å². The van der Waals surface area contributed by atoms with Gasteiger partial charge in [-0.3, -0.25) is 0 Å². The second-order valence-corrected chi connectivity index (χ2v) is 6.68. The molecule has 4 rings (SSSR count). The first kappa shape index (κ1) is 19.4. The summed E-state index contributed by atoms with van der Waals surface area (Å²) in [7, 11) is 0. The third-order valence-electron chi connectivity index (χ3n) is 4.45. The molecule has 0 atom stereocenters. The zero-order valence-corrected chi connectivity index (χ0v) is 16.8. The highest BCUT2D eigenvalue weighted by molar-refractivity contribution is 5.79. The Morgan fingerprint density at radius 1 is 1.07 bits per heavy atom. The maximum absolute atomic E-state index is 5.60. The van der Waals surface area contributed by atoms with Crippen LogP contribution in [0.3, 0.4) is 0 Å². The summed E-state index contributed by atoms with van der Waals surface area (Å²) in [5.74, 6) is 1.34. The van der Waals surface area contributed by atoms with Crippen molar-refractivity contribution < 1.29 is 4.42 Å². The van der Waals surface area contributed by atoms with Crippen molar-refractivity contribution in [2.75, 3.05) is 6.54 Å². The van der Waals surface area contributed by atoms with Gasteiger partial charge >= 0.3 is 0 Å². The molecule has 0 bridgehead atoms. The smallest absolute Gasteiger partial charge is 0.226 e. The van der Waals surface area contributed by atoms with Crippen LogP contribution in [0.5, 0.6) is 0 Å². The van der Waals surface area contributed by atoms with Gasteiger partial charge in [0.1, 0.15) is 6.26 Å². The van der Waals surface area contributed by atoms with E-state index in [1.807, 2.05) is 66.3 Å². The molecule has 2 N–H and O–H groups in total. The predicted molar refractivity (Wildman–Crippen MR) is 117 cm³/mol. The van der Waals surface area contributed by atoms with Gasteiger partial charge in [-0.05, 0) is 42.8 Å². The minimum Gasteiger partial charge on any atom is -0.444 e. The highest BCUT2D eigenvalue weighted by Gasteiger charge is 2.07. The van der Waals surface area contributed by atoms with E-state index in [-0.39, 0.29) is 0 Å². The van der Waals surface area contributed by atoms with Crippen molar-refractivity contribution in [3.63, 3.8) is 0 Å². The second kappa shape index (κ2) is 9.56. The van der Waals surface area contributed by atoms with E-state index in [2.05, 4.69) is 32.8 Å². The molecule has 0 radical (unpaired) electrons. The summed E-state index contributed by atoms with van der Waals surface area (Å²) < 4.78 is 7.44. The molecule has 2 aromatic heterocycles. The fourth-order valence-electron chi connectivity index (χ4n) is 3.01. The van der Waals surface area contributed by atoms with Crippen molar-refractivity contribution >= 4 is 5.96 Å². The molecule has 0 spiro atoms. The number of nitrogens with one attached hydrogen (secondary N) is 2. The zero-order chi connectivity index (χ0) is 20.6. The molecule has 2 aromatic carbocycles. The van der Waals surface area contributed by atoms with Gasteiger partial charge in [-0.2, -0.15) is 5.10 Å². The first-order valence-corrected chi connectivity index (χ1v) is 9.93. The van der Waals surface area contributed by atoms with Crippen LogP contribution in [0.1, 0.15) is 18.2 Å². The standard InChI is InChI=1S/C23H24N6O/c1-2-24-23(25-15-18-8-6-11-21(14-18)29-13-7-12-27-29)26-16-20-17-30-22(28-20)19-9-4-3-5-10-19/h3-14,17H,2,15-16H2,1H3,(H2,24,25,26). The first-order chi connectivity index (χ1) is 14.8. The van der Waals surface area contributed by atoms with Gasteiger partial charge in [0.25, 0.3) is 0 Å². The summed E-state index contributed by atoms with van der Waals surface area (Å²) in [5.41, 5.74) is 3.90. The van der Waals surface area contributed by atoms with Crippen LogP contribution in [-0.2, 0) is 13.1 Å². The number of hydrogen-bond donors (Lipinski definition) is 2. The van der Waals surface area contributed by atoms with Crippen LogP contribution in [0.25, 0.3) is 17.1 Å². The molecule has 30 heavy (non-hydrogen) atoms. The molecule has 0 saturated heterocycles. The Morgan fingerprint density at radius 3 is 2.77 bits per heavy atom. The van der Waals surface area contributed by atoms with Crippen molar-refractivity contribution in [2.24, 2.45) is 4.99 Å². The minimum atomic E-state index is 0.523. The van der Waals surface area contributed by atoms with Crippen LogP contribution in [0.15, 0.2) is 88.7 Å². The third kappa shape index (κ3) is 4.94. The molecular weight excluding hydrogens is 376 g/mol. The van der Waals surface area contributed by atoms with E-state index in [9.17, 15) is 0 Å². The number of aromatic nitrogens is 3. The molecule has 7 heteroatoms. The van der Waals surface area contributed by atoms with Crippen LogP contribution in [0.4, 0.5) is 0 Å². The maximum Gasteiger partial charge on any atom is 0.226 e. The molecule has 0 aliphatic heterocycles. The van der Waals surface area contributed by atoms with Gasteiger partial charge in [0.15, 0.2) is 5.96 Å². The Bertz CT molecular complexity index is 1090. The average molecular weight is 400 g/mol. The molecule has 0 aliphatic carbocycles. The number of benzene rings is 2. The molecule has 7 nitrogen and oxygen atoms in total. The number of nitrogens with zero attached hydrogens (tertiary/aromatic N) is 4. The fraction of sp³-hybridized carbons (Fsp3) is 0.174. The Kier molecular flexibility index (Phi) is 6.19. The largest absolute Gasteiger partial charge is 0.444 e. The molecule has 0 aliphatic rings. The van der Waals surface area contributed by atoms with Crippen molar-refractivity contribution in [3.05, 3.63) is 90.6 Å². The Morgan fingerprint density at radius 2 is 1.97 bits per heavy atom. The SMILES string of the molecule is CCNC(=NCc1cccc(-n2cccn2)c1)NCc1coc(-c2ccccc2)n1. The van der Waals surface area contributed by atoms with E-state index in [4.69, 9.17) is 9.41 Å². The van der Waals surface area contributed by atoms with Crippen LogP contribution in [0, 0.1) is 0 Å². The second-order valence-electron chi connectivity index (χ2n) is 6.68. The van der Waals surface area contributed by atoms with Crippen molar-refractivity contribution in [1.29, 1.82) is 0 Å². The molecule has 0 fully saturated rings. The Labute approximate surface area is 175 Å². The third-order valence-corrected chi connectivity index (χ3v) is 4.45. The maximum atomic E-state index is 5.60. The number of guanidine groups is 1. The number of oxazole rings is 1. The summed E-state index contributed by atoms with van der Waals surface area (Å²) in [6.07, 6.45) is 5.37. The quantitative estimate of drug-likeness (QED) is 0.364. The topological polar surface area (TPSA) is 80.3 Å². The normalized spacial score (nSPS) is 11.4. The lowest BCUT2D eigenvalue weighted by atomic mass is 10.2. The van der Waals surface area contributed by atoms with Crippen LogP contribution in [-0.4, -0.2) is 27.3 Å². The molecule has 0 amide bonds. The molecule has 2 heterocycles. The lowest BCUT2D eigenvalue weighted by Gasteiger charge is -2.10. The zero-order valence-electron chi connectivity index (χ0n) is 16.8. The van der Waals surface area contributed by atoms with E-state index in [1.165, 1.54) is 0 Å². The summed E-state index contributed by atoms with van der Waals surface area (Å²) in [6, 6.07) is 20.0. The Hall–Kier alpha value is -3.87. The summed E-state index contributed by atoms with van der Waals surface area (Å²) in [4.78, 5) is 9.24. The summed E-state index contributed by atoms with van der Waals surface area (Å²) >= 11 is 0. The molecular formula is C23H24N6O. The van der Waals surface area contributed by atoms with Crippen LogP contribution < -0.4 is 10.6 Å². The van der Waals surface area contributed by atoms with Crippen molar-refractivity contribution in [3.8, 4) is 17.1 Å². The number of rotatable bonds is 7. The minimum absolute atomic E-state index is 0.523. The van der Waals surface area contributed by atoms with E-state index >= 15 is 0 Å². The van der Waals surface area contributed by atoms with Gasteiger partial charge in [-0.25, -0.2) is 14.7 Å². The van der Waals surface area contributed by atoms with E-state index in [0.717, 1.165) is 35.0 Å². The van der Waals surface area contributed by atoms with Gasteiger partial charge in [0, 0.05) is 24.5 Å². The van der Waals surface area contributed by atoms with Crippen molar-refractivity contribution in [2.45, 2.75) is 20.0 Å². The lowest BCUT2D eigenvalue weighted by molar-refractivity contribution is 0.572. The summed E-state index contributed by atoms with van der Waals surface area (Å²) in [6.45, 7) is 3.89. The fourth-order valence-corrected chi connectivity index (χ4v) is 3.01. The molecule has 4 aromatic rings. The van der Waals surface area contributed by atoms with E-state index < -0.39 is 0 Å². The van der Waals surface area contributed by atoms with Crippen molar-refractivity contribution in [1.82, 2.24) is 25.4 Å². The monoisotopic (exact) mass is 400 g/mol. The average Bonchev–Trinajstić information content (AvgIpc) is 3.49. The van der Waals surface area contributed by atoms with E-state index in [1.54, 1.807) is 12.5 Å². The van der Waals surface area contributed by atoms with Gasteiger partial charge in [-0.1, -0.05) is 30.3 Å². The van der Waals surface area contributed by atoms with Gasteiger partial charge in [0.05, 0.1) is 24.5 Å². The van der Waals surface area contributed by atoms with Gasteiger partial charge in [0.2, 0.25) is 5.89 Å². The van der Waals surface area contributed by atoms with Crippen LogP contribution in [0.2, 0.25) is 0 Å². The highest BCUT2D eigenvalue weighted by Crippen LogP contribution is 2.17. The predicted octanol–water partition coefficient (Wildman–Crippen LogP) is 3.78. The van der Waals surface area contributed by atoms with Crippen LogP contribution >= 0.6 is 0 Å². The van der Waals surface area contributed by atoms with Gasteiger partial charge in [-0.15, -0.1) is 0 Å². The lowest BCUT2D eigenvalue weighted by Crippen LogP contribution is -2.36.